The maximum Gasteiger partial charge on any atom is 0.276 e. The second-order valence-corrected chi connectivity index (χ2v) is 11.7. The van der Waals surface area contributed by atoms with Gasteiger partial charge in [-0.25, -0.2) is 0 Å². The Morgan fingerprint density at radius 1 is 1.32 bits per heavy atom. The molecule has 106 valence electrons. The summed E-state index contributed by atoms with van der Waals surface area (Å²) in [6, 6.07) is 3.17. The van der Waals surface area contributed by atoms with Gasteiger partial charge in [0, 0.05) is 6.07 Å². The van der Waals surface area contributed by atoms with E-state index in [1.165, 1.54) is 6.07 Å². The van der Waals surface area contributed by atoms with E-state index in [-0.39, 0.29) is 15.6 Å². The summed E-state index contributed by atoms with van der Waals surface area (Å²) in [5.74, 6) is 0.598. The van der Waals surface area contributed by atoms with Crippen molar-refractivity contribution >= 4 is 29.9 Å². The van der Waals surface area contributed by atoms with Crippen molar-refractivity contribution in [3.8, 4) is 5.75 Å². The minimum absolute atomic E-state index is 0.0451. The highest BCUT2D eigenvalue weighted by Gasteiger charge is 2.40. The molecular weight excluding hydrogens is 326 g/mol. The molecule has 0 radical (unpaired) electrons. The van der Waals surface area contributed by atoms with Gasteiger partial charge in [0.05, 0.1) is 15.0 Å². The van der Waals surface area contributed by atoms with Crippen LogP contribution in [0.4, 0.5) is 5.69 Å². The van der Waals surface area contributed by atoms with Crippen molar-refractivity contribution in [2.45, 2.75) is 45.8 Å². The van der Waals surface area contributed by atoms with Gasteiger partial charge in [0.25, 0.3) is 14.0 Å². The molecule has 0 unspecified atom stereocenters. The van der Waals surface area contributed by atoms with Crippen molar-refractivity contribution in [1.82, 2.24) is 0 Å². The SMILES string of the molecule is Cc1c([N+](=O)[O-])ccc(Br)c1O[Si](C)(C)C(C)(C)C. The van der Waals surface area contributed by atoms with Gasteiger partial charge in [0.1, 0.15) is 5.75 Å². The molecule has 0 spiro atoms. The fourth-order valence-corrected chi connectivity index (χ4v) is 3.12. The first-order valence-corrected chi connectivity index (χ1v) is 9.80. The molecule has 0 aliphatic rings. The Bertz CT molecular complexity index is 509. The van der Waals surface area contributed by atoms with Crippen LogP contribution in [0.3, 0.4) is 0 Å². The van der Waals surface area contributed by atoms with Gasteiger partial charge >= 0.3 is 0 Å². The lowest BCUT2D eigenvalue weighted by Crippen LogP contribution is -2.44. The molecule has 4 nitrogen and oxygen atoms in total. The average molecular weight is 346 g/mol. The van der Waals surface area contributed by atoms with E-state index in [1.54, 1.807) is 13.0 Å². The number of rotatable bonds is 3. The lowest BCUT2D eigenvalue weighted by atomic mass is 10.2. The summed E-state index contributed by atoms with van der Waals surface area (Å²) >= 11 is 3.42. The highest BCUT2D eigenvalue weighted by Crippen LogP contribution is 2.42. The minimum atomic E-state index is -2.02. The van der Waals surface area contributed by atoms with Crippen LogP contribution in [0.25, 0.3) is 0 Å². The molecule has 1 aromatic rings. The maximum absolute atomic E-state index is 11.0. The second-order valence-electron chi connectivity index (χ2n) is 6.14. The maximum atomic E-state index is 11.0. The van der Waals surface area contributed by atoms with E-state index in [9.17, 15) is 10.1 Å². The molecule has 0 bridgehead atoms. The standard InChI is InChI=1S/C13H20BrNO3Si/c1-9-11(15(16)17)8-7-10(14)12(9)18-19(5,6)13(2,3)4/h7-8H,1-6H3. The van der Waals surface area contributed by atoms with E-state index >= 15 is 0 Å². The van der Waals surface area contributed by atoms with E-state index in [4.69, 9.17) is 4.43 Å². The number of hydrogen-bond donors (Lipinski definition) is 0. The van der Waals surface area contributed by atoms with Gasteiger partial charge in [-0.05, 0) is 47.1 Å². The summed E-state index contributed by atoms with van der Waals surface area (Å²) in [5, 5.41) is 11.0. The van der Waals surface area contributed by atoms with Gasteiger partial charge in [0.15, 0.2) is 0 Å². The Balaban J connectivity index is 3.29. The first-order chi connectivity index (χ1) is 8.47. The monoisotopic (exact) mass is 345 g/mol. The molecule has 6 heteroatoms. The van der Waals surface area contributed by atoms with Crippen LogP contribution in [0.15, 0.2) is 16.6 Å². The van der Waals surface area contributed by atoms with E-state index < -0.39 is 8.32 Å². The molecular formula is C13H20BrNO3Si. The van der Waals surface area contributed by atoms with E-state index in [2.05, 4.69) is 49.8 Å². The Morgan fingerprint density at radius 2 is 1.84 bits per heavy atom. The second kappa shape index (κ2) is 5.24. The molecule has 0 amide bonds. The predicted octanol–water partition coefficient (Wildman–Crippen LogP) is 5.05. The molecule has 0 heterocycles. The van der Waals surface area contributed by atoms with Crippen LogP contribution in [-0.4, -0.2) is 13.2 Å². The zero-order valence-corrected chi connectivity index (χ0v) is 14.8. The molecule has 1 aromatic carbocycles. The van der Waals surface area contributed by atoms with Crippen molar-refractivity contribution in [2.24, 2.45) is 0 Å². The first-order valence-electron chi connectivity index (χ1n) is 6.10. The molecule has 0 aromatic heterocycles. The van der Waals surface area contributed by atoms with Crippen LogP contribution in [0, 0.1) is 17.0 Å². The van der Waals surface area contributed by atoms with Crippen LogP contribution in [-0.2, 0) is 0 Å². The molecule has 1 rings (SSSR count). The molecule has 19 heavy (non-hydrogen) atoms. The fraction of sp³-hybridized carbons (Fsp3) is 0.538. The largest absolute Gasteiger partial charge is 0.542 e. The molecule has 0 N–H and O–H groups in total. The number of nitrogens with zero attached hydrogens (tertiary/aromatic N) is 1. The molecule has 0 aliphatic carbocycles. The van der Waals surface area contributed by atoms with Gasteiger partial charge in [0.2, 0.25) is 0 Å². The van der Waals surface area contributed by atoms with E-state index in [1.807, 2.05) is 0 Å². The summed E-state index contributed by atoms with van der Waals surface area (Å²) in [6.07, 6.45) is 0. The molecule has 0 saturated carbocycles. The van der Waals surface area contributed by atoms with Crippen LogP contribution in [0.1, 0.15) is 26.3 Å². The summed E-state index contributed by atoms with van der Waals surface area (Å²) in [6.45, 7) is 12.4. The fourth-order valence-electron chi connectivity index (χ4n) is 1.38. The highest BCUT2D eigenvalue weighted by molar-refractivity contribution is 9.10. The average Bonchev–Trinajstić information content (AvgIpc) is 2.21. The zero-order chi connectivity index (χ0) is 15.0. The number of benzene rings is 1. The molecule has 0 aliphatic heterocycles. The third kappa shape index (κ3) is 3.36. The van der Waals surface area contributed by atoms with Gasteiger partial charge in [-0.1, -0.05) is 20.8 Å². The summed E-state index contributed by atoms with van der Waals surface area (Å²) in [4.78, 5) is 10.6. The third-order valence-electron chi connectivity index (χ3n) is 3.69. The Labute approximate surface area is 123 Å². The van der Waals surface area contributed by atoms with Crippen molar-refractivity contribution < 1.29 is 9.35 Å². The number of nitro groups is 1. The van der Waals surface area contributed by atoms with Crippen LogP contribution in [0.2, 0.25) is 18.1 Å². The van der Waals surface area contributed by atoms with E-state index in [0.717, 1.165) is 4.47 Å². The van der Waals surface area contributed by atoms with Crippen molar-refractivity contribution in [1.29, 1.82) is 0 Å². The third-order valence-corrected chi connectivity index (χ3v) is 8.64. The number of halogens is 1. The van der Waals surface area contributed by atoms with Crippen LogP contribution < -0.4 is 4.43 Å². The normalized spacial score (nSPS) is 12.4. The van der Waals surface area contributed by atoms with Gasteiger partial charge in [-0.3, -0.25) is 10.1 Å². The van der Waals surface area contributed by atoms with Crippen LogP contribution >= 0.6 is 15.9 Å². The Kier molecular flexibility index (Phi) is 4.46. The molecule has 0 saturated heterocycles. The quantitative estimate of drug-likeness (QED) is 0.437. The van der Waals surface area contributed by atoms with E-state index in [0.29, 0.717) is 11.3 Å². The lowest BCUT2D eigenvalue weighted by Gasteiger charge is -2.37. The minimum Gasteiger partial charge on any atom is -0.542 e. The van der Waals surface area contributed by atoms with Crippen molar-refractivity contribution in [3.05, 3.63) is 32.3 Å². The van der Waals surface area contributed by atoms with Gasteiger partial charge in [-0.15, -0.1) is 0 Å². The summed E-state index contributed by atoms with van der Waals surface area (Å²) < 4.78 is 6.97. The Morgan fingerprint density at radius 3 is 2.26 bits per heavy atom. The smallest absolute Gasteiger partial charge is 0.276 e. The zero-order valence-electron chi connectivity index (χ0n) is 12.2. The first kappa shape index (κ1) is 16.2. The van der Waals surface area contributed by atoms with Crippen molar-refractivity contribution in [2.75, 3.05) is 0 Å². The predicted molar refractivity (Wildman–Crippen MR) is 83.4 cm³/mol. The highest BCUT2D eigenvalue weighted by atomic mass is 79.9. The summed E-state index contributed by atoms with van der Waals surface area (Å²) in [7, 11) is -2.02. The number of nitro benzene ring substituents is 1. The molecule has 0 fully saturated rings. The van der Waals surface area contributed by atoms with Crippen LogP contribution in [0.5, 0.6) is 5.75 Å². The lowest BCUT2D eigenvalue weighted by molar-refractivity contribution is -0.385. The molecule has 0 atom stereocenters. The number of hydrogen-bond acceptors (Lipinski definition) is 3. The topological polar surface area (TPSA) is 52.4 Å². The van der Waals surface area contributed by atoms with Gasteiger partial charge in [-0.2, -0.15) is 0 Å². The van der Waals surface area contributed by atoms with Gasteiger partial charge < -0.3 is 4.43 Å². The van der Waals surface area contributed by atoms with Crippen molar-refractivity contribution in [3.63, 3.8) is 0 Å². The Hall–Kier alpha value is -0.883. The summed E-state index contributed by atoms with van der Waals surface area (Å²) in [5.41, 5.74) is 0.668.